The van der Waals surface area contributed by atoms with Gasteiger partial charge in [-0.2, -0.15) is 0 Å². The minimum Gasteiger partial charge on any atom is -0.451 e. The van der Waals surface area contributed by atoms with Crippen molar-refractivity contribution in [2.45, 2.75) is 51.0 Å². The number of rotatable bonds is 4. The van der Waals surface area contributed by atoms with Crippen molar-refractivity contribution >= 4 is 35.2 Å². The third-order valence-electron chi connectivity index (χ3n) is 4.88. The van der Waals surface area contributed by atoms with Gasteiger partial charge in [0.15, 0.2) is 11.5 Å². The normalized spacial score (nSPS) is 19.3. The Hall–Kier alpha value is -2.36. The van der Waals surface area contributed by atoms with Crippen LogP contribution in [0.2, 0.25) is 0 Å². The molecule has 3 amide bonds. The Kier molecular flexibility index (Phi) is 5.30. The fourth-order valence-electron chi connectivity index (χ4n) is 3.53. The first-order valence-electron chi connectivity index (χ1n) is 8.61. The largest absolute Gasteiger partial charge is 0.451 e. The Morgan fingerprint density at radius 2 is 2.00 bits per heavy atom. The van der Waals surface area contributed by atoms with E-state index in [0.29, 0.717) is 25.0 Å². The lowest BCUT2D eigenvalue weighted by atomic mass is 9.78. The van der Waals surface area contributed by atoms with Crippen molar-refractivity contribution in [2.75, 3.05) is 13.2 Å². The zero-order valence-corrected chi connectivity index (χ0v) is 15.3. The first-order valence-corrected chi connectivity index (χ1v) is 9.38. The maximum atomic E-state index is 12.7. The molecule has 2 heterocycles. The predicted molar refractivity (Wildman–Crippen MR) is 90.2 cm³/mol. The van der Waals surface area contributed by atoms with Gasteiger partial charge in [0.1, 0.15) is 12.1 Å². The molecule has 0 bridgehead atoms. The highest BCUT2D eigenvalue weighted by molar-refractivity contribution is 7.07. The van der Waals surface area contributed by atoms with Gasteiger partial charge in [-0.1, -0.05) is 30.7 Å². The molecule has 9 nitrogen and oxygen atoms in total. The van der Waals surface area contributed by atoms with Crippen LogP contribution in [0.4, 0.5) is 0 Å². The molecule has 1 N–H and O–H groups in total. The Bertz CT molecular complexity index is 741. The van der Waals surface area contributed by atoms with Gasteiger partial charge in [-0.05, 0) is 30.8 Å². The van der Waals surface area contributed by atoms with Gasteiger partial charge in [-0.15, -0.1) is 5.10 Å². The summed E-state index contributed by atoms with van der Waals surface area (Å²) < 4.78 is 8.82. The van der Waals surface area contributed by atoms with Gasteiger partial charge in [-0.25, -0.2) is 4.79 Å². The minimum atomic E-state index is -1.02. The quantitative estimate of drug-likeness (QED) is 0.595. The van der Waals surface area contributed by atoms with E-state index in [4.69, 9.17) is 4.74 Å². The monoisotopic (exact) mass is 380 g/mol. The van der Waals surface area contributed by atoms with Crippen LogP contribution in [0.15, 0.2) is 0 Å². The third-order valence-corrected chi connectivity index (χ3v) is 5.63. The molecule has 0 radical (unpaired) electrons. The zero-order chi connectivity index (χ0) is 18.7. The molecule has 0 atom stereocenters. The second-order valence-electron chi connectivity index (χ2n) is 6.43. The lowest BCUT2D eigenvalue weighted by Gasteiger charge is -2.47. The van der Waals surface area contributed by atoms with Gasteiger partial charge in [0.05, 0.1) is 5.69 Å². The molecule has 3 rings (SSSR count). The molecule has 1 aliphatic heterocycles. The molecule has 140 valence electrons. The fraction of sp³-hybridized carbons (Fsp3) is 0.625. The summed E-state index contributed by atoms with van der Waals surface area (Å²) in [4.78, 5) is 50.6. The van der Waals surface area contributed by atoms with Crippen LogP contribution >= 0.6 is 11.5 Å². The Balaban J connectivity index is 1.71. The highest BCUT2D eigenvalue weighted by Crippen LogP contribution is 2.35. The van der Waals surface area contributed by atoms with E-state index >= 15 is 0 Å². The molecular weight excluding hydrogens is 360 g/mol. The van der Waals surface area contributed by atoms with E-state index in [0.717, 1.165) is 30.8 Å². The van der Waals surface area contributed by atoms with Crippen LogP contribution in [-0.4, -0.2) is 56.9 Å². The highest BCUT2D eigenvalue weighted by Gasteiger charge is 2.51. The summed E-state index contributed by atoms with van der Waals surface area (Å²) in [5.41, 5.74) is -0.500. The van der Waals surface area contributed by atoms with E-state index in [1.807, 2.05) is 6.92 Å². The standard InChI is InChI=1S/C16H20N4O5S/c1-2-10-13(26-19-18-10)14(23)25-9-12(22)20-8-11(21)17-15(24)16(20)6-4-3-5-7-16/h2-9H2,1H3,(H,17,21,24). The molecule has 2 aliphatic rings. The van der Waals surface area contributed by atoms with Crippen molar-refractivity contribution in [1.82, 2.24) is 19.8 Å². The van der Waals surface area contributed by atoms with Crippen molar-refractivity contribution in [3.8, 4) is 0 Å². The Morgan fingerprint density at radius 1 is 1.27 bits per heavy atom. The SMILES string of the molecule is CCc1nnsc1C(=O)OCC(=O)N1CC(=O)NC(=O)C12CCCCC2. The maximum absolute atomic E-state index is 12.7. The Labute approximate surface area is 154 Å². The van der Waals surface area contributed by atoms with Gasteiger partial charge in [0.2, 0.25) is 5.91 Å². The summed E-state index contributed by atoms with van der Waals surface area (Å²) in [6.45, 7) is 1.11. The topological polar surface area (TPSA) is 119 Å². The summed E-state index contributed by atoms with van der Waals surface area (Å²) in [6.07, 6.45) is 4.13. The number of piperazine rings is 1. The number of hydrogen-bond acceptors (Lipinski definition) is 8. The van der Waals surface area contributed by atoms with Crippen LogP contribution in [0, 0.1) is 0 Å². The van der Waals surface area contributed by atoms with Crippen molar-refractivity contribution in [2.24, 2.45) is 0 Å². The van der Waals surface area contributed by atoms with Crippen molar-refractivity contribution in [1.29, 1.82) is 0 Å². The van der Waals surface area contributed by atoms with E-state index in [-0.39, 0.29) is 11.4 Å². The summed E-state index contributed by atoms with van der Waals surface area (Å²) in [5.74, 6) is -2.17. The lowest BCUT2D eigenvalue weighted by Crippen LogP contribution is -2.69. The van der Waals surface area contributed by atoms with Crippen LogP contribution in [-0.2, 0) is 25.5 Å². The number of hydrogen-bond donors (Lipinski definition) is 1. The number of carbonyl (C=O) groups excluding carboxylic acids is 4. The van der Waals surface area contributed by atoms with Crippen LogP contribution in [0.25, 0.3) is 0 Å². The van der Waals surface area contributed by atoms with Crippen molar-refractivity contribution in [3.63, 3.8) is 0 Å². The average molecular weight is 380 g/mol. The second kappa shape index (κ2) is 7.48. The number of ether oxygens (including phenoxy) is 1. The molecule has 10 heteroatoms. The maximum Gasteiger partial charge on any atom is 0.352 e. The summed E-state index contributed by atoms with van der Waals surface area (Å²) in [6, 6.07) is 0. The second-order valence-corrected chi connectivity index (χ2v) is 7.18. The molecular formula is C16H20N4O5S. The van der Waals surface area contributed by atoms with E-state index in [9.17, 15) is 19.2 Å². The molecule has 2 fully saturated rings. The van der Waals surface area contributed by atoms with Gasteiger partial charge in [-0.3, -0.25) is 19.7 Å². The number of nitrogens with one attached hydrogen (secondary N) is 1. The van der Waals surface area contributed by atoms with Crippen molar-refractivity contribution < 1.29 is 23.9 Å². The van der Waals surface area contributed by atoms with Gasteiger partial charge < -0.3 is 9.64 Å². The van der Waals surface area contributed by atoms with Gasteiger partial charge in [0, 0.05) is 0 Å². The fourth-order valence-corrected chi connectivity index (χ4v) is 4.17. The Morgan fingerprint density at radius 3 is 2.69 bits per heavy atom. The summed E-state index contributed by atoms with van der Waals surface area (Å²) >= 11 is 0.913. The number of aryl methyl sites for hydroxylation is 1. The highest BCUT2D eigenvalue weighted by atomic mass is 32.1. The minimum absolute atomic E-state index is 0.204. The molecule has 1 aromatic rings. The number of carbonyl (C=O) groups is 4. The number of imide groups is 1. The molecule has 1 aliphatic carbocycles. The molecule has 1 saturated heterocycles. The smallest absolute Gasteiger partial charge is 0.352 e. The molecule has 1 spiro atoms. The molecule has 0 aromatic carbocycles. The van der Waals surface area contributed by atoms with Gasteiger partial charge >= 0.3 is 5.97 Å². The molecule has 0 unspecified atom stereocenters. The summed E-state index contributed by atoms with van der Waals surface area (Å²) in [7, 11) is 0. The first-order chi connectivity index (χ1) is 12.5. The van der Waals surface area contributed by atoms with Crippen LogP contribution in [0.3, 0.4) is 0 Å². The van der Waals surface area contributed by atoms with E-state index in [1.54, 1.807) is 0 Å². The first kappa shape index (κ1) is 18.4. The van der Waals surface area contributed by atoms with E-state index in [1.165, 1.54) is 4.90 Å². The number of esters is 1. The molecule has 1 saturated carbocycles. The van der Waals surface area contributed by atoms with Crippen molar-refractivity contribution in [3.05, 3.63) is 10.6 Å². The third kappa shape index (κ3) is 3.33. The zero-order valence-electron chi connectivity index (χ0n) is 14.4. The van der Waals surface area contributed by atoms with Crippen LogP contribution < -0.4 is 5.32 Å². The summed E-state index contributed by atoms with van der Waals surface area (Å²) in [5, 5.41) is 6.17. The van der Waals surface area contributed by atoms with Crippen LogP contribution in [0.5, 0.6) is 0 Å². The lowest BCUT2D eigenvalue weighted by molar-refractivity contribution is -0.161. The van der Waals surface area contributed by atoms with E-state index in [2.05, 4.69) is 14.9 Å². The molecule has 26 heavy (non-hydrogen) atoms. The van der Waals surface area contributed by atoms with Gasteiger partial charge in [0.25, 0.3) is 11.8 Å². The number of aromatic nitrogens is 2. The van der Waals surface area contributed by atoms with Crippen LogP contribution in [0.1, 0.15) is 54.4 Å². The predicted octanol–water partition coefficient (Wildman–Crippen LogP) is 0.445. The number of nitrogens with zero attached hydrogens (tertiary/aromatic N) is 3. The number of amides is 3. The molecule has 1 aromatic heterocycles. The van der Waals surface area contributed by atoms with E-state index < -0.39 is 35.8 Å². The average Bonchev–Trinajstić information content (AvgIpc) is 3.12.